The second-order valence-electron chi connectivity index (χ2n) is 6.18. The number of amides is 1. The molecule has 1 aromatic carbocycles. The Morgan fingerprint density at radius 2 is 1.79 bits per heavy atom. The summed E-state index contributed by atoms with van der Waals surface area (Å²) in [4.78, 5) is 23.2. The average Bonchev–Trinajstić information content (AvgIpc) is 3.09. The van der Waals surface area contributed by atoms with Gasteiger partial charge in [-0.2, -0.15) is 0 Å². The summed E-state index contributed by atoms with van der Waals surface area (Å²) in [6.07, 6.45) is 3.81. The molecular weight excluding hydrogens is 300 g/mol. The Kier molecular flexibility index (Phi) is 3.69. The first kappa shape index (κ1) is 14.8. The van der Waals surface area contributed by atoms with Crippen LogP contribution in [-0.2, 0) is 4.79 Å². The molecule has 4 rings (SSSR count). The quantitative estimate of drug-likeness (QED) is 0.790. The number of rotatable bonds is 2. The number of nitrogens with zero attached hydrogens (tertiary/aromatic N) is 3. The van der Waals surface area contributed by atoms with Gasteiger partial charge >= 0.3 is 0 Å². The topological polar surface area (TPSA) is 52.2 Å². The second kappa shape index (κ2) is 6.00. The van der Waals surface area contributed by atoms with Crippen LogP contribution < -0.4 is 4.90 Å². The zero-order chi connectivity index (χ0) is 16.5. The SMILES string of the molecule is CC(=O)N1CCN(c2ccc(-c3cnc4[nH]ccc4c3)cc2)CC1. The van der Waals surface area contributed by atoms with E-state index in [4.69, 9.17) is 0 Å². The van der Waals surface area contributed by atoms with Gasteiger partial charge in [0, 0.05) is 62.1 Å². The molecule has 0 bridgehead atoms. The van der Waals surface area contributed by atoms with Gasteiger partial charge in [-0.15, -0.1) is 0 Å². The molecule has 2 aromatic heterocycles. The first-order valence-corrected chi connectivity index (χ1v) is 8.25. The number of aromatic nitrogens is 2. The Balaban J connectivity index is 1.51. The number of aromatic amines is 1. The number of carbonyl (C=O) groups excluding carboxylic acids is 1. The smallest absolute Gasteiger partial charge is 0.219 e. The molecule has 24 heavy (non-hydrogen) atoms. The van der Waals surface area contributed by atoms with E-state index in [2.05, 4.69) is 45.2 Å². The molecule has 1 saturated heterocycles. The minimum atomic E-state index is 0.164. The van der Waals surface area contributed by atoms with Crippen molar-refractivity contribution in [3.8, 4) is 11.1 Å². The van der Waals surface area contributed by atoms with Crippen LogP contribution in [0.4, 0.5) is 5.69 Å². The highest BCUT2D eigenvalue weighted by atomic mass is 16.2. The first-order chi connectivity index (χ1) is 11.7. The van der Waals surface area contributed by atoms with E-state index in [1.54, 1.807) is 6.92 Å². The van der Waals surface area contributed by atoms with Crippen LogP contribution in [0.25, 0.3) is 22.2 Å². The molecule has 122 valence electrons. The minimum absolute atomic E-state index is 0.164. The van der Waals surface area contributed by atoms with Gasteiger partial charge in [0.1, 0.15) is 5.65 Å². The largest absolute Gasteiger partial charge is 0.368 e. The molecule has 0 radical (unpaired) electrons. The standard InChI is InChI=1S/C19H20N4O/c1-14(24)22-8-10-23(11-9-22)18-4-2-15(3-5-18)17-12-16-6-7-20-19(16)21-13-17/h2-7,12-13H,8-11H2,1H3,(H,20,21). The number of H-pyrrole nitrogens is 1. The van der Waals surface area contributed by atoms with Crippen LogP contribution in [0.15, 0.2) is 48.8 Å². The van der Waals surface area contributed by atoms with Gasteiger partial charge < -0.3 is 14.8 Å². The molecule has 0 saturated carbocycles. The van der Waals surface area contributed by atoms with E-state index in [-0.39, 0.29) is 5.91 Å². The van der Waals surface area contributed by atoms with Gasteiger partial charge in [0.25, 0.3) is 0 Å². The third kappa shape index (κ3) is 2.73. The first-order valence-electron chi connectivity index (χ1n) is 8.25. The lowest BCUT2D eigenvalue weighted by molar-refractivity contribution is -0.129. The Morgan fingerprint density at radius 3 is 2.50 bits per heavy atom. The average molecular weight is 320 g/mol. The van der Waals surface area contributed by atoms with Crippen molar-refractivity contribution >= 4 is 22.6 Å². The Bertz CT molecular complexity index is 860. The van der Waals surface area contributed by atoms with E-state index >= 15 is 0 Å². The van der Waals surface area contributed by atoms with E-state index in [1.807, 2.05) is 23.4 Å². The summed E-state index contributed by atoms with van der Waals surface area (Å²) >= 11 is 0. The van der Waals surface area contributed by atoms with Gasteiger partial charge in [0.05, 0.1) is 0 Å². The fourth-order valence-electron chi connectivity index (χ4n) is 3.24. The maximum atomic E-state index is 11.4. The Hall–Kier alpha value is -2.82. The molecule has 1 aliphatic rings. The second-order valence-corrected chi connectivity index (χ2v) is 6.18. The molecule has 1 amide bonds. The lowest BCUT2D eigenvalue weighted by atomic mass is 10.1. The highest BCUT2D eigenvalue weighted by Gasteiger charge is 2.18. The predicted molar refractivity (Wildman–Crippen MR) is 96.0 cm³/mol. The number of hydrogen-bond donors (Lipinski definition) is 1. The molecular formula is C19H20N4O. The van der Waals surface area contributed by atoms with Crippen molar-refractivity contribution in [2.45, 2.75) is 6.92 Å². The van der Waals surface area contributed by atoms with E-state index in [9.17, 15) is 4.79 Å². The van der Waals surface area contributed by atoms with Gasteiger partial charge in [-0.05, 0) is 29.8 Å². The maximum absolute atomic E-state index is 11.4. The summed E-state index contributed by atoms with van der Waals surface area (Å²) in [5.41, 5.74) is 4.41. The van der Waals surface area contributed by atoms with Gasteiger partial charge in [-0.3, -0.25) is 4.79 Å². The fraction of sp³-hybridized carbons (Fsp3) is 0.263. The number of piperazine rings is 1. The van der Waals surface area contributed by atoms with Crippen molar-refractivity contribution in [2.75, 3.05) is 31.1 Å². The molecule has 1 aliphatic heterocycles. The van der Waals surface area contributed by atoms with Gasteiger partial charge in [0.15, 0.2) is 0 Å². The van der Waals surface area contributed by atoms with Crippen LogP contribution in [0.3, 0.4) is 0 Å². The van der Waals surface area contributed by atoms with Crippen LogP contribution in [0.5, 0.6) is 0 Å². The molecule has 1 fully saturated rings. The summed E-state index contributed by atoms with van der Waals surface area (Å²) in [5.74, 6) is 0.164. The fourth-order valence-corrected chi connectivity index (χ4v) is 3.24. The van der Waals surface area contributed by atoms with E-state index in [0.717, 1.165) is 48.3 Å². The molecule has 3 aromatic rings. The zero-order valence-electron chi connectivity index (χ0n) is 13.7. The van der Waals surface area contributed by atoms with Crippen molar-refractivity contribution in [2.24, 2.45) is 0 Å². The zero-order valence-corrected chi connectivity index (χ0v) is 13.7. The van der Waals surface area contributed by atoms with Crippen molar-refractivity contribution in [1.29, 1.82) is 0 Å². The Labute approximate surface area is 140 Å². The Morgan fingerprint density at radius 1 is 1.04 bits per heavy atom. The molecule has 0 spiro atoms. The van der Waals surface area contributed by atoms with E-state index in [1.165, 1.54) is 5.69 Å². The summed E-state index contributed by atoms with van der Waals surface area (Å²) in [5, 5.41) is 1.12. The summed E-state index contributed by atoms with van der Waals surface area (Å²) in [6.45, 7) is 5.00. The van der Waals surface area contributed by atoms with E-state index in [0.29, 0.717) is 0 Å². The molecule has 1 N–H and O–H groups in total. The molecule has 0 atom stereocenters. The number of anilines is 1. The number of pyridine rings is 1. The van der Waals surface area contributed by atoms with Crippen LogP contribution >= 0.6 is 0 Å². The number of fused-ring (bicyclic) bond motifs is 1. The highest BCUT2D eigenvalue weighted by Crippen LogP contribution is 2.25. The third-order valence-electron chi connectivity index (χ3n) is 4.69. The lowest BCUT2D eigenvalue weighted by Gasteiger charge is -2.35. The summed E-state index contributed by atoms with van der Waals surface area (Å²) in [7, 11) is 0. The predicted octanol–water partition coefficient (Wildman–Crippen LogP) is 2.90. The number of hydrogen-bond acceptors (Lipinski definition) is 3. The molecule has 5 nitrogen and oxygen atoms in total. The highest BCUT2D eigenvalue weighted by molar-refractivity contribution is 5.81. The van der Waals surface area contributed by atoms with Crippen LogP contribution in [0, 0.1) is 0 Å². The van der Waals surface area contributed by atoms with Crippen LogP contribution in [0.1, 0.15) is 6.92 Å². The monoisotopic (exact) mass is 320 g/mol. The van der Waals surface area contributed by atoms with Gasteiger partial charge in [-0.25, -0.2) is 4.98 Å². The molecule has 0 unspecified atom stereocenters. The van der Waals surface area contributed by atoms with Crippen molar-refractivity contribution in [3.63, 3.8) is 0 Å². The molecule has 5 heteroatoms. The number of nitrogens with one attached hydrogen (secondary N) is 1. The van der Waals surface area contributed by atoms with Crippen LogP contribution in [0.2, 0.25) is 0 Å². The third-order valence-corrected chi connectivity index (χ3v) is 4.69. The number of benzene rings is 1. The van der Waals surface area contributed by atoms with Gasteiger partial charge in [0.2, 0.25) is 5.91 Å². The summed E-state index contributed by atoms with van der Waals surface area (Å²) < 4.78 is 0. The maximum Gasteiger partial charge on any atom is 0.219 e. The van der Waals surface area contributed by atoms with Crippen LogP contribution in [-0.4, -0.2) is 47.0 Å². The minimum Gasteiger partial charge on any atom is -0.368 e. The van der Waals surface area contributed by atoms with Crippen molar-refractivity contribution in [1.82, 2.24) is 14.9 Å². The van der Waals surface area contributed by atoms with Crippen molar-refractivity contribution in [3.05, 3.63) is 48.8 Å². The van der Waals surface area contributed by atoms with Gasteiger partial charge in [-0.1, -0.05) is 12.1 Å². The molecule has 3 heterocycles. The van der Waals surface area contributed by atoms with E-state index < -0.39 is 0 Å². The normalized spacial score (nSPS) is 15.0. The summed E-state index contributed by atoms with van der Waals surface area (Å²) in [6, 6.07) is 12.8. The molecule has 0 aliphatic carbocycles. The lowest BCUT2D eigenvalue weighted by Crippen LogP contribution is -2.48. The number of carbonyl (C=O) groups is 1. The van der Waals surface area contributed by atoms with Crippen molar-refractivity contribution < 1.29 is 4.79 Å².